The highest BCUT2D eigenvalue weighted by Crippen LogP contribution is 2.05. The van der Waals surface area contributed by atoms with E-state index in [1.165, 1.54) is 19.5 Å². The third-order valence-electron chi connectivity index (χ3n) is 1.37. The first-order valence-corrected chi connectivity index (χ1v) is 4.97. The summed E-state index contributed by atoms with van der Waals surface area (Å²) in [6.45, 7) is 1.60. The van der Waals surface area contributed by atoms with Gasteiger partial charge in [0.25, 0.3) is 0 Å². The van der Waals surface area contributed by atoms with Crippen LogP contribution in [0, 0.1) is 0 Å². The van der Waals surface area contributed by atoms with Gasteiger partial charge in [0, 0.05) is 12.5 Å². The molecule has 14 heavy (non-hydrogen) atoms. The molecule has 0 spiro atoms. The summed E-state index contributed by atoms with van der Waals surface area (Å²) >= 11 is 0.940. The van der Waals surface area contributed by atoms with Crippen molar-refractivity contribution < 1.29 is 18.7 Å². The van der Waals surface area contributed by atoms with E-state index in [4.69, 9.17) is 9.15 Å². The maximum Gasteiger partial charge on any atom is 0.316 e. The predicted octanol–water partition coefficient (Wildman–Crippen LogP) is 1.60. The fraction of sp³-hybridized carbons (Fsp3) is 0.333. The molecule has 0 saturated carbocycles. The monoisotopic (exact) mass is 214 g/mol. The molecule has 0 amide bonds. The third-order valence-corrected chi connectivity index (χ3v) is 2.16. The molecule has 0 bridgehead atoms. The molecular formula is C9H10O4S. The zero-order chi connectivity index (χ0) is 10.4. The fourth-order valence-electron chi connectivity index (χ4n) is 0.741. The largest absolute Gasteiger partial charge is 0.472 e. The van der Waals surface area contributed by atoms with Gasteiger partial charge in [-0.05, 0) is 6.07 Å². The summed E-state index contributed by atoms with van der Waals surface area (Å²) in [5.74, 6) is -0.334. The maximum absolute atomic E-state index is 11.0. The quantitative estimate of drug-likeness (QED) is 0.712. The van der Waals surface area contributed by atoms with Gasteiger partial charge in [0.1, 0.15) is 6.61 Å². The van der Waals surface area contributed by atoms with Crippen molar-refractivity contribution in [3.8, 4) is 0 Å². The summed E-state index contributed by atoms with van der Waals surface area (Å²) in [4.78, 5) is 21.5. The average molecular weight is 214 g/mol. The van der Waals surface area contributed by atoms with E-state index in [1.807, 2.05) is 0 Å². The molecule has 0 aliphatic carbocycles. The molecule has 1 heterocycles. The Morgan fingerprint density at radius 2 is 2.36 bits per heavy atom. The second-order valence-corrected chi connectivity index (χ2v) is 3.72. The molecule has 0 aromatic carbocycles. The van der Waals surface area contributed by atoms with Crippen molar-refractivity contribution in [3.05, 3.63) is 24.2 Å². The Hall–Kier alpha value is -1.23. The number of ether oxygens (including phenoxy) is 1. The minimum absolute atomic E-state index is 0.0627. The lowest BCUT2D eigenvalue weighted by molar-refractivity contribution is -0.141. The van der Waals surface area contributed by atoms with Crippen LogP contribution in [0.4, 0.5) is 0 Å². The first kappa shape index (κ1) is 10.8. The van der Waals surface area contributed by atoms with Gasteiger partial charge in [-0.2, -0.15) is 0 Å². The molecule has 5 heteroatoms. The standard InChI is InChI=1S/C9H10O4S/c1-7(10)14-6-9(11)13-5-8-2-3-12-4-8/h2-4H,5-6H2,1H3. The number of rotatable bonds is 4. The number of hydrogen-bond acceptors (Lipinski definition) is 5. The van der Waals surface area contributed by atoms with E-state index in [2.05, 4.69) is 0 Å². The average Bonchev–Trinajstić information content (AvgIpc) is 2.63. The number of carbonyl (C=O) groups excluding carboxylic acids is 2. The SMILES string of the molecule is CC(=O)SCC(=O)OCc1ccoc1. The van der Waals surface area contributed by atoms with E-state index in [0.29, 0.717) is 0 Å². The molecule has 4 nitrogen and oxygen atoms in total. The first-order chi connectivity index (χ1) is 6.68. The van der Waals surface area contributed by atoms with Crippen LogP contribution in [0.5, 0.6) is 0 Å². The number of esters is 1. The zero-order valence-corrected chi connectivity index (χ0v) is 8.50. The Kier molecular flexibility index (Phi) is 4.25. The summed E-state index contributed by atoms with van der Waals surface area (Å²) in [6.07, 6.45) is 3.01. The van der Waals surface area contributed by atoms with Crippen molar-refractivity contribution in [1.82, 2.24) is 0 Å². The van der Waals surface area contributed by atoms with E-state index >= 15 is 0 Å². The van der Waals surface area contributed by atoms with Crippen molar-refractivity contribution in [2.45, 2.75) is 13.5 Å². The van der Waals surface area contributed by atoms with Crippen molar-refractivity contribution in [1.29, 1.82) is 0 Å². The van der Waals surface area contributed by atoms with E-state index in [-0.39, 0.29) is 17.5 Å². The molecule has 0 aliphatic rings. The smallest absolute Gasteiger partial charge is 0.316 e. The summed E-state index contributed by atoms with van der Waals surface area (Å²) in [5, 5.41) is -0.0924. The minimum atomic E-state index is -0.397. The predicted molar refractivity (Wildman–Crippen MR) is 51.6 cm³/mol. The zero-order valence-electron chi connectivity index (χ0n) is 7.69. The van der Waals surface area contributed by atoms with Crippen molar-refractivity contribution in [2.75, 3.05) is 5.75 Å². The van der Waals surface area contributed by atoms with Gasteiger partial charge in [0.05, 0.1) is 18.3 Å². The van der Waals surface area contributed by atoms with E-state index < -0.39 is 5.97 Å². The van der Waals surface area contributed by atoms with Crippen LogP contribution in [0.25, 0.3) is 0 Å². The van der Waals surface area contributed by atoms with Crippen molar-refractivity contribution >= 4 is 22.8 Å². The van der Waals surface area contributed by atoms with Crippen LogP contribution in [0.2, 0.25) is 0 Å². The highest BCUT2D eigenvalue weighted by molar-refractivity contribution is 8.14. The molecule has 0 N–H and O–H groups in total. The molecular weight excluding hydrogens is 204 g/mol. The molecule has 0 saturated heterocycles. The van der Waals surface area contributed by atoms with Gasteiger partial charge in [-0.15, -0.1) is 0 Å². The van der Waals surface area contributed by atoms with Crippen LogP contribution < -0.4 is 0 Å². The van der Waals surface area contributed by atoms with Crippen LogP contribution in [-0.2, 0) is 20.9 Å². The molecule has 0 radical (unpaired) electrons. The summed E-state index contributed by atoms with van der Waals surface area (Å²) in [5.41, 5.74) is 0.797. The van der Waals surface area contributed by atoms with Crippen LogP contribution in [0.15, 0.2) is 23.0 Å². The molecule has 0 fully saturated rings. The van der Waals surface area contributed by atoms with E-state index in [1.54, 1.807) is 6.07 Å². The van der Waals surface area contributed by atoms with Gasteiger partial charge in [0.15, 0.2) is 5.12 Å². The molecule has 76 valence electrons. The summed E-state index contributed by atoms with van der Waals surface area (Å²) in [6, 6.07) is 1.71. The Morgan fingerprint density at radius 3 is 2.93 bits per heavy atom. The molecule has 1 aromatic rings. The Labute approximate surface area is 85.6 Å². The topological polar surface area (TPSA) is 56.5 Å². The van der Waals surface area contributed by atoms with Gasteiger partial charge in [-0.1, -0.05) is 11.8 Å². The minimum Gasteiger partial charge on any atom is -0.472 e. The van der Waals surface area contributed by atoms with Crippen LogP contribution in [0.3, 0.4) is 0 Å². The Balaban J connectivity index is 2.18. The third kappa shape index (κ3) is 4.13. The molecule has 1 rings (SSSR count). The second-order valence-electron chi connectivity index (χ2n) is 2.57. The van der Waals surface area contributed by atoms with Gasteiger partial charge in [-0.3, -0.25) is 9.59 Å². The van der Waals surface area contributed by atoms with Crippen LogP contribution in [0.1, 0.15) is 12.5 Å². The Bertz CT molecular complexity index is 305. The maximum atomic E-state index is 11.0. The molecule has 0 atom stereocenters. The number of furan rings is 1. The molecule has 0 aliphatic heterocycles. The van der Waals surface area contributed by atoms with Crippen molar-refractivity contribution in [3.63, 3.8) is 0 Å². The second kappa shape index (κ2) is 5.49. The van der Waals surface area contributed by atoms with E-state index in [9.17, 15) is 9.59 Å². The van der Waals surface area contributed by atoms with Gasteiger partial charge in [0.2, 0.25) is 0 Å². The van der Waals surface area contributed by atoms with Gasteiger partial charge in [-0.25, -0.2) is 0 Å². The van der Waals surface area contributed by atoms with E-state index in [0.717, 1.165) is 17.3 Å². The fourth-order valence-corrected chi connectivity index (χ4v) is 1.15. The number of carbonyl (C=O) groups is 2. The lowest BCUT2D eigenvalue weighted by Crippen LogP contribution is -2.08. The van der Waals surface area contributed by atoms with Gasteiger partial charge >= 0.3 is 5.97 Å². The lowest BCUT2D eigenvalue weighted by atomic mass is 10.4. The van der Waals surface area contributed by atoms with Crippen molar-refractivity contribution in [2.24, 2.45) is 0 Å². The summed E-state index contributed by atoms with van der Waals surface area (Å²) < 4.78 is 9.66. The molecule has 0 unspecified atom stereocenters. The highest BCUT2D eigenvalue weighted by atomic mass is 32.2. The normalized spacial score (nSPS) is 9.79. The summed E-state index contributed by atoms with van der Waals surface area (Å²) in [7, 11) is 0. The van der Waals surface area contributed by atoms with Crippen LogP contribution in [-0.4, -0.2) is 16.8 Å². The Morgan fingerprint density at radius 1 is 1.57 bits per heavy atom. The first-order valence-electron chi connectivity index (χ1n) is 3.98. The van der Waals surface area contributed by atoms with Crippen LogP contribution >= 0.6 is 11.8 Å². The number of hydrogen-bond donors (Lipinski definition) is 0. The molecule has 1 aromatic heterocycles. The number of thioether (sulfide) groups is 1. The van der Waals surface area contributed by atoms with Gasteiger partial charge < -0.3 is 9.15 Å². The lowest BCUT2D eigenvalue weighted by Gasteiger charge is -2.00. The highest BCUT2D eigenvalue weighted by Gasteiger charge is 2.05.